The molecule has 0 saturated heterocycles. The highest BCUT2D eigenvalue weighted by Gasteiger charge is 2.45. The van der Waals surface area contributed by atoms with E-state index in [1.54, 1.807) is 12.1 Å². The van der Waals surface area contributed by atoms with Crippen LogP contribution in [0.3, 0.4) is 0 Å². The molecule has 0 aromatic heterocycles. The van der Waals surface area contributed by atoms with E-state index in [-0.39, 0.29) is 11.8 Å². The Labute approximate surface area is 306 Å². The Kier molecular flexibility index (Phi) is 7.52. The molecule has 1 aliphatic rings. The average molecular weight is 687 g/mol. The van der Waals surface area contributed by atoms with Crippen LogP contribution in [0.25, 0.3) is 32.7 Å². The van der Waals surface area contributed by atoms with Crippen molar-refractivity contribution < 1.29 is 9.59 Å². The van der Waals surface area contributed by atoms with E-state index in [0.717, 1.165) is 54.9 Å². The molecule has 0 aliphatic heterocycles. The summed E-state index contributed by atoms with van der Waals surface area (Å²) in [7, 11) is 0. The minimum Gasteiger partial charge on any atom is -0.399 e. The lowest BCUT2D eigenvalue weighted by molar-refractivity contribution is 0.101. The van der Waals surface area contributed by atoms with Crippen LogP contribution in [0.15, 0.2) is 170 Å². The van der Waals surface area contributed by atoms with Gasteiger partial charge in [-0.25, -0.2) is 0 Å². The van der Waals surface area contributed by atoms with Crippen molar-refractivity contribution in [2.75, 3.05) is 22.1 Å². The zero-order chi connectivity index (χ0) is 36.1. The fraction of sp³-hybridized carbons (Fsp3) is 0.0213. The zero-order valence-corrected chi connectivity index (χ0v) is 28.6. The summed E-state index contributed by atoms with van der Waals surface area (Å²) < 4.78 is 0. The van der Waals surface area contributed by atoms with Crippen LogP contribution >= 0.6 is 0 Å². The molecule has 254 valence electrons. The van der Waals surface area contributed by atoms with Gasteiger partial charge in [-0.15, -0.1) is 0 Å². The number of carbonyl (C=O) groups excluding carboxylic acids is 2. The number of hydrogen-bond acceptors (Lipinski definition) is 4. The third-order valence-electron chi connectivity index (χ3n) is 10.4. The number of nitrogens with one attached hydrogen (secondary N) is 2. The second kappa shape index (κ2) is 12.5. The molecular formula is C47H34N4O2. The zero-order valence-electron chi connectivity index (χ0n) is 28.6. The van der Waals surface area contributed by atoms with E-state index in [2.05, 4.69) is 59.2 Å². The van der Waals surface area contributed by atoms with E-state index >= 15 is 0 Å². The van der Waals surface area contributed by atoms with Crippen molar-refractivity contribution in [3.8, 4) is 11.1 Å². The molecule has 0 radical (unpaired) electrons. The minimum absolute atomic E-state index is 0.225. The number of amides is 2. The molecule has 0 spiro atoms. The number of anilines is 4. The molecule has 2 amide bonds. The summed E-state index contributed by atoms with van der Waals surface area (Å²) in [5.41, 5.74) is 21.8. The summed E-state index contributed by atoms with van der Waals surface area (Å²) in [6.07, 6.45) is 0. The summed E-state index contributed by atoms with van der Waals surface area (Å²) in [6.45, 7) is 0. The molecule has 6 heteroatoms. The molecule has 0 heterocycles. The van der Waals surface area contributed by atoms with Crippen LogP contribution in [0.4, 0.5) is 22.7 Å². The first-order valence-electron chi connectivity index (χ1n) is 17.5. The molecule has 9 rings (SSSR count). The van der Waals surface area contributed by atoms with Crippen LogP contribution in [0.2, 0.25) is 0 Å². The van der Waals surface area contributed by atoms with E-state index in [0.29, 0.717) is 33.9 Å². The van der Waals surface area contributed by atoms with Crippen molar-refractivity contribution in [3.05, 3.63) is 203 Å². The maximum atomic E-state index is 13.7. The molecule has 1 aliphatic carbocycles. The highest BCUT2D eigenvalue weighted by atomic mass is 16.2. The molecule has 6 N–H and O–H groups in total. The number of nitrogen functional groups attached to an aromatic ring is 2. The van der Waals surface area contributed by atoms with Crippen LogP contribution in [0.1, 0.15) is 43.0 Å². The van der Waals surface area contributed by atoms with E-state index in [9.17, 15) is 9.59 Å². The second-order valence-electron chi connectivity index (χ2n) is 13.5. The summed E-state index contributed by atoms with van der Waals surface area (Å²) >= 11 is 0. The second-order valence-corrected chi connectivity index (χ2v) is 13.5. The number of carbonyl (C=O) groups is 2. The molecule has 0 saturated carbocycles. The van der Waals surface area contributed by atoms with Gasteiger partial charge in [0.2, 0.25) is 0 Å². The summed E-state index contributed by atoms with van der Waals surface area (Å²) in [5, 5.41) is 9.93. The summed E-state index contributed by atoms with van der Waals surface area (Å²) in [5.74, 6) is -0.450. The van der Waals surface area contributed by atoms with Crippen molar-refractivity contribution in [3.63, 3.8) is 0 Å². The lowest BCUT2D eigenvalue weighted by Gasteiger charge is -2.34. The van der Waals surface area contributed by atoms with E-state index in [4.69, 9.17) is 11.5 Å². The van der Waals surface area contributed by atoms with Gasteiger partial charge in [0, 0.05) is 33.3 Å². The Bertz CT molecular complexity index is 2550. The fourth-order valence-electron chi connectivity index (χ4n) is 8.03. The van der Waals surface area contributed by atoms with Crippen LogP contribution in [0.5, 0.6) is 0 Å². The van der Waals surface area contributed by atoms with Crippen molar-refractivity contribution in [1.29, 1.82) is 0 Å². The Hall–Kier alpha value is -7.18. The van der Waals surface area contributed by atoms with Crippen LogP contribution < -0.4 is 22.1 Å². The third-order valence-corrected chi connectivity index (χ3v) is 10.4. The lowest BCUT2D eigenvalue weighted by atomic mass is 9.67. The Morgan fingerprint density at radius 3 is 1.25 bits per heavy atom. The summed E-state index contributed by atoms with van der Waals surface area (Å²) in [4.78, 5) is 27.3. The van der Waals surface area contributed by atoms with Crippen molar-refractivity contribution in [1.82, 2.24) is 0 Å². The Morgan fingerprint density at radius 2 is 0.811 bits per heavy atom. The van der Waals surface area contributed by atoms with Gasteiger partial charge in [-0.2, -0.15) is 0 Å². The van der Waals surface area contributed by atoms with Gasteiger partial charge < -0.3 is 22.1 Å². The number of fused-ring (bicyclic) bond motifs is 5. The molecule has 0 fully saturated rings. The number of hydrogen-bond donors (Lipinski definition) is 4. The first-order chi connectivity index (χ1) is 25.9. The van der Waals surface area contributed by atoms with Gasteiger partial charge in [-0.3, -0.25) is 9.59 Å². The molecule has 0 bridgehead atoms. The van der Waals surface area contributed by atoms with Crippen molar-refractivity contribution in [2.45, 2.75) is 5.41 Å². The van der Waals surface area contributed by atoms with Gasteiger partial charge >= 0.3 is 0 Å². The van der Waals surface area contributed by atoms with Crippen LogP contribution in [0, 0.1) is 0 Å². The molecule has 53 heavy (non-hydrogen) atoms. The lowest BCUT2D eigenvalue weighted by Crippen LogP contribution is -2.29. The van der Waals surface area contributed by atoms with Crippen molar-refractivity contribution in [2.24, 2.45) is 0 Å². The Balaban J connectivity index is 1.10. The molecule has 6 nitrogen and oxygen atoms in total. The fourth-order valence-corrected chi connectivity index (χ4v) is 8.03. The largest absolute Gasteiger partial charge is 0.399 e. The molecule has 0 unspecified atom stereocenters. The first kappa shape index (κ1) is 31.8. The smallest absolute Gasteiger partial charge is 0.255 e. The van der Waals surface area contributed by atoms with Crippen LogP contribution in [-0.2, 0) is 5.41 Å². The van der Waals surface area contributed by atoms with Gasteiger partial charge in [0.1, 0.15) is 0 Å². The van der Waals surface area contributed by atoms with E-state index in [1.807, 2.05) is 109 Å². The van der Waals surface area contributed by atoms with Crippen molar-refractivity contribution >= 4 is 56.1 Å². The van der Waals surface area contributed by atoms with Gasteiger partial charge in [0.25, 0.3) is 11.8 Å². The van der Waals surface area contributed by atoms with Gasteiger partial charge in [0.15, 0.2) is 0 Å². The Morgan fingerprint density at radius 1 is 0.434 bits per heavy atom. The quantitative estimate of drug-likeness (QED) is 0.131. The monoisotopic (exact) mass is 686 g/mol. The molecule has 8 aromatic carbocycles. The normalized spacial score (nSPS) is 12.6. The predicted octanol–water partition coefficient (Wildman–Crippen LogP) is 10.0. The number of rotatable bonds is 6. The summed E-state index contributed by atoms with van der Waals surface area (Å²) in [6, 6.07) is 55.6. The highest BCUT2D eigenvalue weighted by Crippen LogP contribution is 2.56. The third kappa shape index (κ3) is 5.27. The first-order valence-corrected chi connectivity index (χ1v) is 17.5. The number of benzene rings is 8. The standard InChI is InChI=1S/C47H34N4O2/c48-35-25-31-9-1-3-11-37(31)43(27-35)50-45(52)29-17-21-33(22-18-29)47(41-15-7-5-13-39(41)40-14-6-8-16-42(40)47)34-23-19-30(20-24-34)46(53)51-44-28-36(49)26-32-10-2-4-12-38(32)44/h1-28H,48-49H2,(H,50,52)(H,51,53). The average Bonchev–Trinajstić information content (AvgIpc) is 3.49. The molecule has 8 aromatic rings. The van der Waals surface area contributed by atoms with Gasteiger partial charge in [0.05, 0.1) is 16.8 Å². The van der Waals surface area contributed by atoms with Gasteiger partial charge in [-0.05, 0) is 92.7 Å². The maximum Gasteiger partial charge on any atom is 0.255 e. The van der Waals surface area contributed by atoms with E-state index in [1.165, 1.54) is 0 Å². The molecular weight excluding hydrogens is 653 g/mol. The SMILES string of the molecule is Nc1cc(NC(=O)c2ccc(C3(c4ccc(C(=O)Nc5cc(N)cc6ccccc56)cc4)c4ccccc4-c4ccccc43)cc2)c2ccccc2c1. The maximum absolute atomic E-state index is 13.7. The number of nitrogens with two attached hydrogens (primary N) is 2. The van der Waals surface area contributed by atoms with E-state index < -0.39 is 5.41 Å². The van der Waals surface area contributed by atoms with Gasteiger partial charge in [-0.1, -0.05) is 121 Å². The minimum atomic E-state index is -0.703. The molecule has 0 atom stereocenters. The van der Waals surface area contributed by atoms with Crippen LogP contribution in [-0.4, -0.2) is 11.8 Å². The topological polar surface area (TPSA) is 110 Å². The highest BCUT2D eigenvalue weighted by molar-refractivity contribution is 6.11. The predicted molar refractivity (Wildman–Crippen MR) is 216 cm³/mol.